The summed E-state index contributed by atoms with van der Waals surface area (Å²) in [7, 11) is 1.68. The number of rotatable bonds is 4. The summed E-state index contributed by atoms with van der Waals surface area (Å²) in [4.78, 5) is 12.3. The third-order valence-electron chi connectivity index (χ3n) is 4.43. The topological polar surface area (TPSA) is 59.6 Å². The number of halogens is 1. The van der Waals surface area contributed by atoms with Crippen LogP contribution in [0, 0.1) is 0 Å². The molecule has 0 bridgehead atoms. The maximum atomic E-state index is 12.3. The number of amides is 1. The van der Waals surface area contributed by atoms with Crippen LogP contribution < -0.4 is 15.4 Å². The summed E-state index contributed by atoms with van der Waals surface area (Å²) in [5, 5.41) is 6.50. The molecule has 6 heteroatoms. The van der Waals surface area contributed by atoms with Crippen LogP contribution >= 0.6 is 12.4 Å². The Bertz CT molecular complexity index is 533. The molecular weight excluding hydrogens is 316 g/mol. The molecule has 0 radical (unpaired) electrons. The molecule has 5 nitrogen and oxygen atoms in total. The molecule has 0 spiro atoms. The maximum absolute atomic E-state index is 12.3. The van der Waals surface area contributed by atoms with Crippen molar-refractivity contribution in [3.05, 3.63) is 29.3 Å². The summed E-state index contributed by atoms with van der Waals surface area (Å²) in [5.41, 5.74) is 2.52. The summed E-state index contributed by atoms with van der Waals surface area (Å²) in [6.07, 6.45) is 3.62. The number of carbonyl (C=O) groups excluding carboxylic acids is 1. The van der Waals surface area contributed by atoms with E-state index < -0.39 is 0 Å². The normalized spacial score (nSPS) is 23.3. The maximum Gasteiger partial charge on any atom is 0.222 e. The Morgan fingerprint density at radius 1 is 1.48 bits per heavy atom. The molecule has 0 aromatic heterocycles. The first kappa shape index (κ1) is 18.0. The van der Waals surface area contributed by atoms with E-state index in [4.69, 9.17) is 9.47 Å². The predicted octanol–water partition coefficient (Wildman–Crippen LogP) is 1.99. The lowest BCUT2D eigenvalue weighted by atomic mass is 9.87. The number of aryl methyl sites for hydroxylation is 1. The van der Waals surface area contributed by atoms with Crippen LogP contribution in [0.1, 0.15) is 36.4 Å². The number of fused-ring (bicyclic) bond motifs is 1. The zero-order valence-electron chi connectivity index (χ0n) is 13.5. The van der Waals surface area contributed by atoms with Crippen LogP contribution in [-0.2, 0) is 16.0 Å². The van der Waals surface area contributed by atoms with Crippen molar-refractivity contribution in [1.29, 1.82) is 0 Å². The predicted molar refractivity (Wildman–Crippen MR) is 91.3 cm³/mol. The molecule has 2 N–H and O–H groups in total. The second-order valence-corrected chi connectivity index (χ2v) is 6.01. The van der Waals surface area contributed by atoms with E-state index in [1.54, 1.807) is 7.11 Å². The zero-order valence-corrected chi connectivity index (χ0v) is 14.3. The Hall–Kier alpha value is -1.30. The summed E-state index contributed by atoms with van der Waals surface area (Å²) < 4.78 is 10.7. The van der Waals surface area contributed by atoms with Crippen LogP contribution in [-0.4, -0.2) is 38.8 Å². The minimum Gasteiger partial charge on any atom is -0.497 e. The fraction of sp³-hybridized carbons (Fsp3) is 0.588. The van der Waals surface area contributed by atoms with Gasteiger partial charge in [-0.1, -0.05) is 6.07 Å². The number of carbonyl (C=O) groups is 1. The zero-order chi connectivity index (χ0) is 15.4. The Morgan fingerprint density at radius 3 is 3.09 bits per heavy atom. The van der Waals surface area contributed by atoms with Gasteiger partial charge in [-0.15, -0.1) is 12.4 Å². The van der Waals surface area contributed by atoms with E-state index in [1.807, 2.05) is 6.07 Å². The van der Waals surface area contributed by atoms with Gasteiger partial charge in [0.15, 0.2) is 0 Å². The van der Waals surface area contributed by atoms with Crippen LogP contribution in [0.4, 0.5) is 0 Å². The first-order valence-corrected chi connectivity index (χ1v) is 8.03. The molecular formula is C17H25ClN2O3. The average molecular weight is 341 g/mol. The van der Waals surface area contributed by atoms with Gasteiger partial charge >= 0.3 is 0 Å². The van der Waals surface area contributed by atoms with Crippen LogP contribution in [0.2, 0.25) is 0 Å². The van der Waals surface area contributed by atoms with E-state index in [1.165, 1.54) is 11.1 Å². The van der Waals surface area contributed by atoms with E-state index in [0.717, 1.165) is 38.2 Å². The number of methoxy groups -OCH3 is 1. The van der Waals surface area contributed by atoms with E-state index in [0.29, 0.717) is 13.0 Å². The van der Waals surface area contributed by atoms with Gasteiger partial charge in [-0.2, -0.15) is 0 Å². The van der Waals surface area contributed by atoms with Crippen LogP contribution in [0.5, 0.6) is 5.75 Å². The monoisotopic (exact) mass is 340 g/mol. The number of hydrogen-bond donors (Lipinski definition) is 2. The molecule has 1 amide bonds. The number of hydrogen-bond acceptors (Lipinski definition) is 4. The molecule has 1 aromatic carbocycles. The lowest BCUT2D eigenvalue weighted by Crippen LogP contribution is -2.44. The largest absolute Gasteiger partial charge is 0.497 e. The van der Waals surface area contributed by atoms with Gasteiger partial charge < -0.3 is 20.1 Å². The van der Waals surface area contributed by atoms with Crippen LogP contribution in [0.15, 0.2) is 18.2 Å². The Labute approximate surface area is 143 Å². The Morgan fingerprint density at radius 2 is 2.35 bits per heavy atom. The van der Waals surface area contributed by atoms with Gasteiger partial charge in [0.2, 0.25) is 5.91 Å². The minimum absolute atomic E-state index is 0. The molecule has 1 heterocycles. The number of morpholine rings is 1. The first-order chi connectivity index (χ1) is 10.8. The third kappa shape index (κ3) is 4.59. The molecule has 1 saturated heterocycles. The van der Waals surface area contributed by atoms with Gasteiger partial charge in [0, 0.05) is 19.0 Å². The van der Waals surface area contributed by atoms with Crippen molar-refractivity contribution in [1.82, 2.24) is 10.6 Å². The highest BCUT2D eigenvalue weighted by molar-refractivity contribution is 5.85. The van der Waals surface area contributed by atoms with Gasteiger partial charge in [-0.25, -0.2) is 0 Å². The van der Waals surface area contributed by atoms with Crippen molar-refractivity contribution in [3.63, 3.8) is 0 Å². The van der Waals surface area contributed by atoms with Gasteiger partial charge in [-0.05, 0) is 42.5 Å². The van der Waals surface area contributed by atoms with Crippen molar-refractivity contribution >= 4 is 18.3 Å². The standard InChI is InChI=1S/C17H24N2O3.ClH/c1-21-14-5-6-15-12(9-14)3-2-4-16(15)19-17(20)10-13-11-22-8-7-18-13;/h5-6,9,13,16,18H,2-4,7-8,10-11H2,1H3,(H,19,20);1H. The summed E-state index contributed by atoms with van der Waals surface area (Å²) in [5.74, 6) is 0.978. The second kappa shape index (κ2) is 8.52. The van der Waals surface area contributed by atoms with Crippen molar-refractivity contribution in [2.45, 2.75) is 37.8 Å². The van der Waals surface area contributed by atoms with Gasteiger partial charge in [-0.3, -0.25) is 4.79 Å². The quantitative estimate of drug-likeness (QED) is 0.880. The van der Waals surface area contributed by atoms with Crippen molar-refractivity contribution < 1.29 is 14.3 Å². The SMILES string of the molecule is COc1ccc2c(c1)CCCC2NC(=O)CC1COCCN1.Cl. The van der Waals surface area contributed by atoms with Gasteiger partial charge in [0.05, 0.1) is 26.4 Å². The molecule has 2 unspecified atom stereocenters. The third-order valence-corrected chi connectivity index (χ3v) is 4.43. The van der Waals surface area contributed by atoms with Crippen LogP contribution in [0.3, 0.4) is 0 Å². The molecule has 2 atom stereocenters. The molecule has 1 aliphatic heterocycles. The highest BCUT2D eigenvalue weighted by Gasteiger charge is 2.24. The Balaban J connectivity index is 0.00000192. The fourth-order valence-electron chi connectivity index (χ4n) is 3.30. The van der Waals surface area contributed by atoms with Crippen molar-refractivity contribution in [3.8, 4) is 5.75 Å². The lowest BCUT2D eigenvalue weighted by Gasteiger charge is -2.28. The smallest absolute Gasteiger partial charge is 0.222 e. The number of benzene rings is 1. The number of ether oxygens (including phenoxy) is 2. The average Bonchev–Trinajstić information content (AvgIpc) is 2.55. The summed E-state index contributed by atoms with van der Waals surface area (Å²) >= 11 is 0. The molecule has 23 heavy (non-hydrogen) atoms. The van der Waals surface area contributed by atoms with Crippen molar-refractivity contribution in [2.24, 2.45) is 0 Å². The molecule has 1 fully saturated rings. The van der Waals surface area contributed by atoms with Gasteiger partial charge in [0.1, 0.15) is 5.75 Å². The van der Waals surface area contributed by atoms with E-state index >= 15 is 0 Å². The highest BCUT2D eigenvalue weighted by atomic mass is 35.5. The summed E-state index contributed by atoms with van der Waals surface area (Å²) in [6.45, 7) is 2.17. The second-order valence-electron chi connectivity index (χ2n) is 6.01. The molecule has 2 aliphatic rings. The van der Waals surface area contributed by atoms with Crippen molar-refractivity contribution in [2.75, 3.05) is 26.9 Å². The highest BCUT2D eigenvalue weighted by Crippen LogP contribution is 2.32. The fourth-order valence-corrected chi connectivity index (χ4v) is 3.30. The molecule has 3 rings (SSSR count). The molecule has 128 valence electrons. The Kier molecular flexibility index (Phi) is 6.69. The van der Waals surface area contributed by atoms with Crippen LogP contribution in [0.25, 0.3) is 0 Å². The summed E-state index contributed by atoms with van der Waals surface area (Å²) in [6, 6.07) is 6.39. The molecule has 0 saturated carbocycles. The lowest BCUT2D eigenvalue weighted by molar-refractivity contribution is -0.123. The van der Waals surface area contributed by atoms with E-state index in [9.17, 15) is 4.79 Å². The first-order valence-electron chi connectivity index (χ1n) is 8.03. The minimum atomic E-state index is 0. The number of nitrogens with one attached hydrogen (secondary N) is 2. The van der Waals surface area contributed by atoms with Gasteiger partial charge in [0.25, 0.3) is 0 Å². The van der Waals surface area contributed by atoms with E-state index in [2.05, 4.69) is 22.8 Å². The molecule has 1 aromatic rings. The molecule has 1 aliphatic carbocycles. The van der Waals surface area contributed by atoms with E-state index in [-0.39, 0.29) is 30.4 Å².